The van der Waals surface area contributed by atoms with Gasteiger partial charge in [-0.15, -0.1) is 0 Å². The highest BCUT2D eigenvalue weighted by molar-refractivity contribution is 6.33. The lowest BCUT2D eigenvalue weighted by Crippen LogP contribution is -3.12. The molecule has 6 aliphatic carbocycles. The molecule has 29 heavy (non-hydrogen) atoms. The van der Waals surface area contributed by atoms with Gasteiger partial charge in [0.1, 0.15) is 5.57 Å². The molecule has 7 rings (SSSR count). The molecule has 0 N–H and O–H groups in total. The normalized spacial score (nSPS) is 43.6. The van der Waals surface area contributed by atoms with Crippen LogP contribution in [0.25, 0.3) is 6.08 Å². The summed E-state index contributed by atoms with van der Waals surface area (Å²) < 4.78 is 36.9. The summed E-state index contributed by atoms with van der Waals surface area (Å²) in [5.41, 5.74) is -1.21. The quantitative estimate of drug-likeness (QED) is 0.241. The minimum Gasteiger partial charge on any atom is -0.469 e. The van der Waals surface area contributed by atoms with Gasteiger partial charge in [-0.05, 0) is 53.2 Å². The van der Waals surface area contributed by atoms with Gasteiger partial charge >= 0.3 is 11.9 Å². The highest BCUT2D eigenvalue weighted by Gasteiger charge is 3.13. The maximum Gasteiger partial charge on any atom is 0.341 e. The predicted molar refractivity (Wildman–Crippen MR) is 94.2 cm³/mol. The molecule has 0 bridgehead atoms. The van der Waals surface area contributed by atoms with Gasteiger partial charge in [0.25, 0.3) is 0 Å². The Labute approximate surface area is 169 Å². The molecule has 0 saturated heterocycles. The number of hydrogen-bond acceptors (Lipinski definition) is 5. The zero-order chi connectivity index (χ0) is 20.6. The fourth-order valence-corrected chi connectivity index (χ4v) is 8.14. The highest BCUT2D eigenvalue weighted by atomic mass is 35.5. The van der Waals surface area contributed by atoms with Crippen LogP contribution >= 0.6 is 11.6 Å². The van der Waals surface area contributed by atoms with E-state index in [0.29, 0.717) is 0 Å². The SMILES string of the molecule is COC(=O)C(=Cc1ccc(F)c(F)c1Cl)C(=O)C12C3C4C1C1C2C3C41C(=O)OC. The van der Waals surface area contributed by atoms with E-state index in [1.807, 2.05) is 0 Å². The first-order valence-electron chi connectivity index (χ1n) is 9.37. The summed E-state index contributed by atoms with van der Waals surface area (Å²) in [6.45, 7) is 0. The molecule has 150 valence electrons. The van der Waals surface area contributed by atoms with Gasteiger partial charge in [0.05, 0.1) is 24.7 Å². The van der Waals surface area contributed by atoms with Gasteiger partial charge in [0, 0.05) is 5.41 Å². The van der Waals surface area contributed by atoms with E-state index in [4.69, 9.17) is 21.1 Å². The fraction of sp³-hybridized carbons (Fsp3) is 0.476. The van der Waals surface area contributed by atoms with Gasteiger partial charge in [-0.2, -0.15) is 0 Å². The lowest BCUT2D eigenvalue weighted by Gasteiger charge is -3.09. The second kappa shape index (κ2) is 4.89. The molecule has 0 atom stereocenters. The number of Topliss-reactive ketones (excluding diaryl/α,β-unsaturated/α-hetero) is 1. The van der Waals surface area contributed by atoms with Crippen molar-refractivity contribution in [2.75, 3.05) is 14.2 Å². The molecule has 1 aromatic carbocycles. The molecule has 6 fully saturated rings. The number of carbonyl (C=O) groups is 3. The molecule has 0 radical (unpaired) electrons. The molecule has 6 aliphatic rings. The predicted octanol–water partition coefficient (Wildman–Crippen LogP) is 2.65. The number of esters is 2. The number of rotatable bonds is 5. The van der Waals surface area contributed by atoms with Crippen LogP contribution in [0.3, 0.4) is 0 Å². The van der Waals surface area contributed by atoms with E-state index in [2.05, 4.69) is 0 Å². The van der Waals surface area contributed by atoms with Crippen LogP contribution in [0.15, 0.2) is 17.7 Å². The lowest BCUT2D eigenvalue weighted by atomic mass is 8.92. The summed E-state index contributed by atoms with van der Waals surface area (Å²) in [6.07, 6.45) is 1.18. The second-order valence-electron chi connectivity index (χ2n) is 8.66. The van der Waals surface area contributed by atoms with Gasteiger partial charge in [-0.1, -0.05) is 17.7 Å². The third-order valence-electron chi connectivity index (χ3n) is 8.58. The number of halogens is 3. The van der Waals surface area contributed by atoms with E-state index in [1.54, 1.807) is 0 Å². The van der Waals surface area contributed by atoms with Crippen molar-refractivity contribution in [3.8, 4) is 0 Å². The van der Waals surface area contributed by atoms with E-state index in [0.717, 1.165) is 13.2 Å². The first-order chi connectivity index (χ1) is 13.8. The van der Waals surface area contributed by atoms with Crippen molar-refractivity contribution in [2.45, 2.75) is 0 Å². The number of ketones is 1. The number of carbonyl (C=O) groups excluding carboxylic acids is 3. The summed E-state index contributed by atoms with van der Waals surface area (Å²) >= 11 is 5.87. The smallest absolute Gasteiger partial charge is 0.341 e. The standard InChI is InChI=1S/C21H15ClF2O5/c1-28-18(26)7(5-6-3-4-8(23)16(24)15(6)22)17(25)20-9-12-10(20)14-11(20)13(9)21(12,14)19(27)29-2/h3-5,9-14H,1-2H3. The molecule has 8 heteroatoms. The Balaban J connectivity index is 1.35. The maximum atomic E-state index is 13.8. The van der Waals surface area contributed by atoms with Gasteiger partial charge in [-0.3, -0.25) is 9.59 Å². The molecule has 6 saturated carbocycles. The largest absolute Gasteiger partial charge is 0.469 e. The van der Waals surface area contributed by atoms with E-state index >= 15 is 0 Å². The highest BCUT2D eigenvalue weighted by Crippen LogP contribution is 3.10. The lowest BCUT2D eigenvalue weighted by molar-refractivity contribution is -0.625. The van der Waals surface area contributed by atoms with Crippen molar-refractivity contribution in [1.82, 2.24) is 0 Å². The molecule has 0 amide bonds. The van der Waals surface area contributed by atoms with Gasteiger partial charge < -0.3 is 9.47 Å². The van der Waals surface area contributed by atoms with Crippen LogP contribution in [0, 0.1) is 58.0 Å². The van der Waals surface area contributed by atoms with Crippen LogP contribution in [-0.2, 0) is 23.9 Å². The summed E-state index contributed by atoms with van der Waals surface area (Å²) in [5, 5.41) is -0.502. The van der Waals surface area contributed by atoms with Crippen molar-refractivity contribution in [3.63, 3.8) is 0 Å². The van der Waals surface area contributed by atoms with Crippen LogP contribution in [0.4, 0.5) is 8.78 Å². The Bertz CT molecular complexity index is 1040. The Hall–Kier alpha value is -2.28. The minimum atomic E-state index is -1.24. The van der Waals surface area contributed by atoms with Crippen LogP contribution in [0.2, 0.25) is 5.02 Å². The minimum absolute atomic E-state index is 0.0299. The van der Waals surface area contributed by atoms with Crippen LogP contribution in [-0.4, -0.2) is 31.9 Å². The average Bonchev–Trinajstić information content (AvgIpc) is 2.75. The molecule has 0 unspecified atom stereocenters. The van der Waals surface area contributed by atoms with Gasteiger partial charge in [0.15, 0.2) is 17.4 Å². The van der Waals surface area contributed by atoms with Crippen molar-refractivity contribution < 1.29 is 32.6 Å². The van der Waals surface area contributed by atoms with E-state index < -0.39 is 33.5 Å². The summed E-state index contributed by atoms with van der Waals surface area (Å²) in [5.74, 6) is -2.99. The molecule has 1 aromatic rings. The number of benzene rings is 1. The first kappa shape index (κ1) is 17.6. The third kappa shape index (κ3) is 1.37. The molecule has 5 nitrogen and oxygen atoms in total. The summed E-state index contributed by atoms with van der Waals surface area (Å²) in [6, 6.07) is 2.10. The Kier molecular flexibility index (Phi) is 2.96. The Morgan fingerprint density at radius 1 is 0.966 bits per heavy atom. The summed E-state index contributed by atoms with van der Waals surface area (Å²) in [4.78, 5) is 38.0. The molecule has 0 heterocycles. The first-order valence-corrected chi connectivity index (χ1v) is 9.75. The Morgan fingerprint density at radius 3 is 2.03 bits per heavy atom. The van der Waals surface area contributed by atoms with Crippen molar-refractivity contribution >= 4 is 35.4 Å². The Morgan fingerprint density at radius 2 is 1.52 bits per heavy atom. The number of ether oxygens (including phenoxy) is 2. The molecule has 0 spiro atoms. The summed E-state index contributed by atoms with van der Waals surface area (Å²) in [7, 11) is 2.54. The van der Waals surface area contributed by atoms with Crippen molar-refractivity contribution in [3.05, 3.63) is 39.9 Å². The zero-order valence-electron chi connectivity index (χ0n) is 15.4. The van der Waals surface area contributed by atoms with Crippen molar-refractivity contribution in [2.24, 2.45) is 46.3 Å². The zero-order valence-corrected chi connectivity index (χ0v) is 16.1. The van der Waals surface area contributed by atoms with E-state index in [9.17, 15) is 23.2 Å². The fourth-order valence-electron chi connectivity index (χ4n) is 7.93. The molecule has 0 aliphatic heterocycles. The van der Waals surface area contributed by atoms with Crippen LogP contribution in [0.1, 0.15) is 5.56 Å². The topological polar surface area (TPSA) is 69.7 Å². The maximum absolute atomic E-state index is 13.8. The number of hydrogen-bond donors (Lipinski definition) is 0. The monoisotopic (exact) mass is 420 g/mol. The molecule has 0 aromatic heterocycles. The molecular weight excluding hydrogens is 406 g/mol. The van der Waals surface area contributed by atoms with Gasteiger partial charge in [-0.25, -0.2) is 13.6 Å². The average molecular weight is 421 g/mol. The van der Waals surface area contributed by atoms with Crippen LogP contribution < -0.4 is 0 Å². The molecular formula is C21H15ClF2O5. The van der Waals surface area contributed by atoms with Gasteiger partial charge in [0.2, 0.25) is 0 Å². The number of methoxy groups -OCH3 is 2. The second-order valence-corrected chi connectivity index (χ2v) is 9.03. The van der Waals surface area contributed by atoms with Crippen molar-refractivity contribution in [1.29, 1.82) is 0 Å². The van der Waals surface area contributed by atoms with E-state index in [1.165, 1.54) is 19.3 Å². The third-order valence-corrected chi connectivity index (χ3v) is 8.96. The van der Waals surface area contributed by atoms with Crippen LogP contribution in [0.5, 0.6) is 0 Å². The van der Waals surface area contributed by atoms with E-state index in [-0.39, 0.29) is 58.4 Å².